The van der Waals surface area contributed by atoms with Crippen molar-refractivity contribution < 1.29 is 18.7 Å². The van der Waals surface area contributed by atoms with Crippen molar-refractivity contribution in [3.63, 3.8) is 0 Å². The summed E-state index contributed by atoms with van der Waals surface area (Å²) in [6.07, 6.45) is 3.15. The molecule has 0 saturated carbocycles. The maximum atomic E-state index is 12.8. The maximum Gasteiger partial charge on any atom is 0.271 e. The largest absolute Gasteiger partial charge is 0.461 e. The van der Waals surface area contributed by atoms with Crippen LogP contribution in [0.1, 0.15) is 32.2 Å². The number of rotatable bonds is 5. The first-order valence-electron chi connectivity index (χ1n) is 9.94. The molecule has 1 N–H and O–H groups in total. The number of anilines is 1. The van der Waals surface area contributed by atoms with Crippen molar-refractivity contribution in [1.29, 1.82) is 0 Å². The predicted octanol–water partition coefficient (Wildman–Crippen LogP) is 4.59. The molecule has 0 radical (unpaired) electrons. The summed E-state index contributed by atoms with van der Waals surface area (Å²) >= 11 is 0. The SMILES string of the molecule is Cc1ccc(NC(=O)c2cc(Oc3ccc(C(=O)N(C)C)nc3)c3cc(C)oc3c2)nc1. The van der Waals surface area contributed by atoms with E-state index < -0.39 is 0 Å². The van der Waals surface area contributed by atoms with Crippen LogP contribution >= 0.6 is 0 Å². The molecule has 32 heavy (non-hydrogen) atoms. The van der Waals surface area contributed by atoms with E-state index in [4.69, 9.17) is 9.15 Å². The summed E-state index contributed by atoms with van der Waals surface area (Å²) in [7, 11) is 3.32. The van der Waals surface area contributed by atoms with Gasteiger partial charge in [-0.2, -0.15) is 0 Å². The van der Waals surface area contributed by atoms with Gasteiger partial charge in [-0.1, -0.05) is 6.07 Å². The summed E-state index contributed by atoms with van der Waals surface area (Å²) < 4.78 is 11.8. The standard InChI is InChI=1S/C24H22N4O4/c1-14-5-8-22(26-12-14)27-23(29)16-10-20-18(9-15(2)31-20)21(11-16)32-17-6-7-19(25-13-17)24(30)28(3)4/h5-13H,1-4H3,(H,26,27,29). The van der Waals surface area contributed by atoms with Gasteiger partial charge in [0.2, 0.25) is 0 Å². The van der Waals surface area contributed by atoms with Crippen LogP contribution in [0.25, 0.3) is 11.0 Å². The molecule has 4 rings (SSSR count). The lowest BCUT2D eigenvalue weighted by molar-refractivity contribution is 0.0821. The quantitative estimate of drug-likeness (QED) is 0.497. The highest BCUT2D eigenvalue weighted by Gasteiger charge is 2.16. The summed E-state index contributed by atoms with van der Waals surface area (Å²) in [6.45, 7) is 3.75. The molecule has 3 aromatic heterocycles. The van der Waals surface area contributed by atoms with Crippen molar-refractivity contribution in [1.82, 2.24) is 14.9 Å². The van der Waals surface area contributed by atoms with Gasteiger partial charge in [0.15, 0.2) is 0 Å². The molecule has 0 bridgehead atoms. The highest BCUT2D eigenvalue weighted by Crippen LogP contribution is 2.34. The number of ether oxygens (including phenoxy) is 1. The third kappa shape index (κ3) is 4.44. The Bertz CT molecular complexity index is 1290. The van der Waals surface area contributed by atoms with Crippen LogP contribution in [0.4, 0.5) is 5.82 Å². The Morgan fingerprint density at radius 1 is 1.00 bits per heavy atom. The van der Waals surface area contributed by atoms with Crippen LogP contribution in [0.15, 0.2) is 59.3 Å². The zero-order valence-corrected chi connectivity index (χ0v) is 18.2. The second kappa shape index (κ2) is 8.50. The van der Waals surface area contributed by atoms with Crippen LogP contribution in [0.2, 0.25) is 0 Å². The van der Waals surface area contributed by atoms with Crippen molar-refractivity contribution in [3.05, 3.63) is 77.4 Å². The van der Waals surface area contributed by atoms with E-state index in [2.05, 4.69) is 15.3 Å². The maximum absolute atomic E-state index is 12.8. The molecular formula is C24H22N4O4. The first kappa shape index (κ1) is 21.0. The van der Waals surface area contributed by atoms with Crippen molar-refractivity contribution in [2.45, 2.75) is 13.8 Å². The number of amides is 2. The molecule has 0 saturated heterocycles. The van der Waals surface area contributed by atoms with Crippen LogP contribution in [0.3, 0.4) is 0 Å². The Labute approximate surface area is 184 Å². The molecule has 0 fully saturated rings. The molecule has 0 spiro atoms. The van der Waals surface area contributed by atoms with Gasteiger partial charge in [-0.15, -0.1) is 0 Å². The molecule has 8 heteroatoms. The topological polar surface area (TPSA) is 97.6 Å². The molecule has 0 aliphatic rings. The third-order valence-corrected chi connectivity index (χ3v) is 4.73. The fourth-order valence-electron chi connectivity index (χ4n) is 3.10. The fraction of sp³-hybridized carbons (Fsp3) is 0.167. The molecule has 8 nitrogen and oxygen atoms in total. The molecule has 3 heterocycles. The Balaban J connectivity index is 1.64. The molecular weight excluding hydrogens is 408 g/mol. The van der Waals surface area contributed by atoms with Crippen LogP contribution < -0.4 is 10.1 Å². The number of pyridine rings is 2. The average Bonchev–Trinajstić information content (AvgIpc) is 3.15. The zero-order chi connectivity index (χ0) is 22.8. The van der Waals surface area contributed by atoms with E-state index in [9.17, 15) is 9.59 Å². The highest BCUT2D eigenvalue weighted by molar-refractivity contribution is 6.06. The van der Waals surface area contributed by atoms with E-state index in [1.54, 1.807) is 50.6 Å². The Morgan fingerprint density at radius 3 is 2.47 bits per heavy atom. The second-order valence-electron chi connectivity index (χ2n) is 7.60. The van der Waals surface area contributed by atoms with Gasteiger partial charge in [0.05, 0.1) is 11.6 Å². The molecule has 1 aromatic carbocycles. The minimum absolute atomic E-state index is 0.201. The van der Waals surface area contributed by atoms with Crippen molar-refractivity contribution in [3.8, 4) is 11.5 Å². The van der Waals surface area contributed by atoms with Gasteiger partial charge in [0, 0.05) is 25.9 Å². The van der Waals surface area contributed by atoms with E-state index in [1.165, 1.54) is 11.1 Å². The van der Waals surface area contributed by atoms with Crippen LogP contribution in [0, 0.1) is 13.8 Å². The number of carbonyl (C=O) groups is 2. The van der Waals surface area contributed by atoms with Gasteiger partial charge in [-0.25, -0.2) is 9.97 Å². The molecule has 4 aromatic rings. The fourth-order valence-corrected chi connectivity index (χ4v) is 3.10. The third-order valence-electron chi connectivity index (χ3n) is 4.73. The summed E-state index contributed by atoms with van der Waals surface area (Å²) in [5, 5.41) is 3.50. The van der Waals surface area contributed by atoms with Crippen LogP contribution in [-0.2, 0) is 0 Å². The Kier molecular flexibility index (Phi) is 5.59. The molecule has 0 aliphatic carbocycles. The van der Waals surface area contributed by atoms with Gasteiger partial charge in [-0.3, -0.25) is 9.59 Å². The first-order chi connectivity index (χ1) is 15.3. The van der Waals surface area contributed by atoms with Gasteiger partial charge in [-0.05, 0) is 55.8 Å². The number of nitrogens with one attached hydrogen (secondary N) is 1. The minimum Gasteiger partial charge on any atom is -0.461 e. The number of hydrogen-bond donors (Lipinski definition) is 1. The molecule has 162 valence electrons. The Hall–Kier alpha value is -4.20. The van der Waals surface area contributed by atoms with Gasteiger partial charge < -0.3 is 19.4 Å². The van der Waals surface area contributed by atoms with E-state index in [0.717, 1.165) is 10.9 Å². The van der Waals surface area contributed by atoms with Crippen molar-refractivity contribution in [2.24, 2.45) is 0 Å². The summed E-state index contributed by atoms with van der Waals surface area (Å²) in [4.78, 5) is 34.7. The number of fused-ring (bicyclic) bond motifs is 1. The van der Waals surface area contributed by atoms with Crippen molar-refractivity contribution in [2.75, 3.05) is 19.4 Å². The summed E-state index contributed by atoms with van der Waals surface area (Å²) in [6, 6.07) is 12.0. The lowest BCUT2D eigenvalue weighted by Gasteiger charge is -2.11. The monoisotopic (exact) mass is 430 g/mol. The molecule has 0 unspecified atom stereocenters. The number of carbonyl (C=O) groups excluding carboxylic acids is 2. The minimum atomic E-state index is -0.341. The number of furan rings is 1. The van der Waals surface area contributed by atoms with Gasteiger partial charge >= 0.3 is 0 Å². The van der Waals surface area contributed by atoms with E-state index in [1.807, 2.05) is 26.0 Å². The van der Waals surface area contributed by atoms with Crippen molar-refractivity contribution >= 4 is 28.6 Å². The van der Waals surface area contributed by atoms with Crippen LogP contribution in [0.5, 0.6) is 11.5 Å². The molecule has 0 aliphatic heterocycles. The number of aromatic nitrogens is 2. The first-order valence-corrected chi connectivity index (χ1v) is 9.94. The van der Waals surface area contributed by atoms with Gasteiger partial charge in [0.25, 0.3) is 11.8 Å². The molecule has 0 atom stereocenters. The average molecular weight is 430 g/mol. The van der Waals surface area contributed by atoms with E-state index in [0.29, 0.717) is 39.9 Å². The molecule has 2 amide bonds. The van der Waals surface area contributed by atoms with E-state index in [-0.39, 0.29) is 11.8 Å². The second-order valence-corrected chi connectivity index (χ2v) is 7.60. The number of hydrogen-bond acceptors (Lipinski definition) is 6. The number of benzene rings is 1. The van der Waals surface area contributed by atoms with Crippen LogP contribution in [-0.4, -0.2) is 40.8 Å². The summed E-state index contributed by atoms with van der Waals surface area (Å²) in [5.41, 5.74) is 2.19. The lowest BCUT2D eigenvalue weighted by Crippen LogP contribution is -2.22. The smallest absolute Gasteiger partial charge is 0.271 e. The van der Waals surface area contributed by atoms with E-state index >= 15 is 0 Å². The number of nitrogens with zero attached hydrogens (tertiary/aromatic N) is 3. The summed E-state index contributed by atoms with van der Waals surface area (Å²) in [5.74, 6) is 1.46. The highest BCUT2D eigenvalue weighted by atomic mass is 16.5. The predicted molar refractivity (Wildman–Crippen MR) is 120 cm³/mol. The Morgan fingerprint density at radius 2 is 1.81 bits per heavy atom. The normalized spacial score (nSPS) is 10.8. The zero-order valence-electron chi connectivity index (χ0n) is 18.2. The lowest BCUT2D eigenvalue weighted by atomic mass is 10.1. The van der Waals surface area contributed by atoms with Gasteiger partial charge in [0.1, 0.15) is 34.4 Å². The number of aryl methyl sites for hydroxylation is 2.